The second-order valence-corrected chi connectivity index (χ2v) is 5.35. The average molecular weight is 334 g/mol. The molecule has 0 saturated heterocycles. The van der Waals surface area contributed by atoms with Gasteiger partial charge >= 0.3 is 0 Å². The zero-order valence-corrected chi connectivity index (χ0v) is 13.8. The van der Waals surface area contributed by atoms with Gasteiger partial charge in [-0.05, 0) is 24.6 Å². The highest BCUT2D eigenvalue weighted by Crippen LogP contribution is 2.30. The molecule has 1 unspecified atom stereocenters. The summed E-state index contributed by atoms with van der Waals surface area (Å²) in [6.07, 6.45) is 4.34. The number of oxime groups is 1. The lowest BCUT2D eigenvalue weighted by Gasteiger charge is -2.14. The summed E-state index contributed by atoms with van der Waals surface area (Å²) in [6.45, 7) is 2.91. The predicted octanol–water partition coefficient (Wildman–Crippen LogP) is 2.96. The molecular formula is C17H20ClN3O2. The van der Waals surface area contributed by atoms with Crippen LogP contribution in [0.4, 0.5) is 0 Å². The maximum atomic E-state index is 5.94. The van der Waals surface area contributed by atoms with Gasteiger partial charge in [0.2, 0.25) is 0 Å². The molecule has 3 rings (SSSR count). The average Bonchev–Trinajstić information content (AvgIpc) is 3.01. The van der Waals surface area contributed by atoms with E-state index in [0.29, 0.717) is 13.2 Å². The van der Waals surface area contributed by atoms with E-state index < -0.39 is 0 Å². The number of hydrogen-bond donors (Lipinski definition) is 1. The fourth-order valence-corrected chi connectivity index (χ4v) is 2.41. The van der Waals surface area contributed by atoms with E-state index in [-0.39, 0.29) is 18.5 Å². The number of pyridine rings is 1. The van der Waals surface area contributed by atoms with Gasteiger partial charge in [0.15, 0.2) is 6.10 Å². The predicted molar refractivity (Wildman–Crippen MR) is 93.1 cm³/mol. The lowest BCUT2D eigenvalue weighted by atomic mass is 10.1. The van der Waals surface area contributed by atoms with Crippen LogP contribution in [0, 0.1) is 6.92 Å². The van der Waals surface area contributed by atoms with Gasteiger partial charge in [-0.25, -0.2) is 0 Å². The van der Waals surface area contributed by atoms with E-state index in [9.17, 15) is 0 Å². The molecule has 2 aromatic rings. The number of ether oxygens (including phenoxy) is 1. The maximum absolute atomic E-state index is 5.94. The molecule has 1 aromatic carbocycles. The van der Waals surface area contributed by atoms with Crippen molar-refractivity contribution in [2.75, 3.05) is 13.2 Å². The first-order valence-electron chi connectivity index (χ1n) is 7.31. The Bertz CT molecular complexity index is 691. The lowest BCUT2D eigenvalue weighted by Crippen LogP contribution is -2.20. The molecule has 5 nitrogen and oxygen atoms in total. The van der Waals surface area contributed by atoms with Gasteiger partial charge in [-0.1, -0.05) is 23.4 Å². The Hall–Kier alpha value is -2.11. The quantitative estimate of drug-likeness (QED) is 0.913. The molecule has 0 spiro atoms. The smallest absolute Gasteiger partial charge is 0.166 e. The third-order valence-electron chi connectivity index (χ3n) is 3.53. The highest BCUT2D eigenvalue weighted by Gasteiger charge is 2.21. The Morgan fingerprint density at radius 2 is 2.13 bits per heavy atom. The van der Waals surface area contributed by atoms with E-state index >= 15 is 0 Å². The van der Waals surface area contributed by atoms with Crippen molar-refractivity contribution in [2.45, 2.75) is 19.4 Å². The van der Waals surface area contributed by atoms with Crippen molar-refractivity contribution >= 4 is 18.1 Å². The number of rotatable bonds is 5. The molecule has 0 amide bonds. The van der Waals surface area contributed by atoms with Crippen LogP contribution in [0.2, 0.25) is 0 Å². The normalized spacial score (nSPS) is 16.3. The van der Waals surface area contributed by atoms with Crippen LogP contribution in [-0.2, 0) is 4.84 Å². The molecule has 6 heteroatoms. The number of hydrogen-bond acceptors (Lipinski definition) is 5. The molecule has 1 atom stereocenters. The number of aryl methyl sites for hydroxylation is 1. The lowest BCUT2D eigenvalue weighted by molar-refractivity contribution is 0.0472. The van der Waals surface area contributed by atoms with E-state index in [2.05, 4.69) is 16.2 Å². The number of aromatic nitrogens is 1. The van der Waals surface area contributed by atoms with Gasteiger partial charge in [-0.3, -0.25) is 4.98 Å². The molecule has 0 bridgehead atoms. The number of benzene rings is 1. The van der Waals surface area contributed by atoms with Crippen molar-refractivity contribution in [3.63, 3.8) is 0 Å². The Morgan fingerprint density at radius 3 is 2.87 bits per heavy atom. The molecule has 1 aliphatic heterocycles. The molecule has 0 aliphatic carbocycles. The Morgan fingerprint density at radius 1 is 1.30 bits per heavy atom. The van der Waals surface area contributed by atoms with E-state index in [4.69, 9.17) is 15.3 Å². The van der Waals surface area contributed by atoms with Crippen LogP contribution in [0.15, 0.2) is 47.9 Å². The second kappa shape index (κ2) is 7.94. The minimum atomic E-state index is -0.0674. The summed E-state index contributed by atoms with van der Waals surface area (Å²) in [5.74, 6) is 0.819. The molecule has 0 radical (unpaired) electrons. The van der Waals surface area contributed by atoms with E-state index in [1.165, 1.54) is 0 Å². The van der Waals surface area contributed by atoms with Crippen LogP contribution < -0.4 is 10.5 Å². The summed E-state index contributed by atoms with van der Waals surface area (Å²) in [7, 11) is 0. The molecule has 0 saturated carbocycles. The van der Waals surface area contributed by atoms with Crippen molar-refractivity contribution in [2.24, 2.45) is 10.9 Å². The van der Waals surface area contributed by atoms with Gasteiger partial charge in [0.05, 0.1) is 5.71 Å². The summed E-state index contributed by atoms with van der Waals surface area (Å²) >= 11 is 0. The summed E-state index contributed by atoms with van der Waals surface area (Å²) in [6, 6.07) is 10.0. The molecule has 122 valence electrons. The van der Waals surface area contributed by atoms with Crippen LogP contribution in [-0.4, -0.2) is 30.0 Å². The Labute approximate surface area is 141 Å². The van der Waals surface area contributed by atoms with Gasteiger partial charge < -0.3 is 15.3 Å². The minimum Gasteiger partial charge on any atom is -0.489 e. The zero-order chi connectivity index (χ0) is 15.4. The number of nitrogens with two attached hydrogens (primary N) is 1. The summed E-state index contributed by atoms with van der Waals surface area (Å²) in [4.78, 5) is 9.56. The molecule has 1 aromatic heterocycles. The topological polar surface area (TPSA) is 69.7 Å². The first-order chi connectivity index (χ1) is 10.8. The summed E-state index contributed by atoms with van der Waals surface area (Å²) < 4.78 is 5.94. The van der Waals surface area contributed by atoms with Crippen molar-refractivity contribution in [3.05, 3.63) is 48.3 Å². The van der Waals surface area contributed by atoms with Gasteiger partial charge in [-0.2, -0.15) is 0 Å². The highest BCUT2D eigenvalue weighted by atomic mass is 35.5. The first kappa shape index (κ1) is 17.2. The number of halogens is 1. The molecule has 1 aliphatic rings. The third-order valence-corrected chi connectivity index (χ3v) is 3.53. The SMILES string of the molecule is Cc1cncc(-c2ccccc2OCC2CC(CN)=NO2)c1.Cl. The van der Waals surface area contributed by atoms with Gasteiger partial charge in [0.1, 0.15) is 12.4 Å². The van der Waals surface area contributed by atoms with Crippen LogP contribution in [0.5, 0.6) is 5.75 Å². The standard InChI is InChI=1S/C17H19N3O2.ClH/c1-12-6-13(10-19-9-12)16-4-2-3-5-17(16)21-11-15-7-14(8-18)20-22-15;/h2-6,9-10,15H,7-8,11,18H2,1H3;1H. The van der Waals surface area contributed by atoms with E-state index in [1.54, 1.807) is 0 Å². The second-order valence-electron chi connectivity index (χ2n) is 5.35. The van der Waals surface area contributed by atoms with Crippen LogP contribution in [0.1, 0.15) is 12.0 Å². The van der Waals surface area contributed by atoms with Gasteiger partial charge in [0, 0.05) is 36.5 Å². The van der Waals surface area contributed by atoms with Gasteiger partial charge in [0.25, 0.3) is 0 Å². The van der Waals surface area contributed by atoms with Gasteiger partial charge in [-0.15, -0.1) is 12.4 Å². The number of nitrogens with zero attached hydrogens (tertiary/aromatic N) is 2. The van der Waals surface area contributed by atoms with Crippen LogP contribution in [0.25, 0.3) is 11.1 Å². The molecule has 2 N–H and O–H groups in total. The number of para-hydroxylation sites is 1. The van der Waals surface area contributed by atoms with Crippen molar-refractivity contribution in [1.29, 1.82) is 0 Å². The van der Waals surface area contributed by atoms with Crippen LogP contribution >= 0.6 is 12.4 Å². The van der Waals surface area contributed by atoms with Crippen molar-refractivity contribution in [1.82, 2.24) is 4.98 Å². The largest absolute Gasteiger partial charge is 0.489 e. The highest BCUT2D eigenvalue weighted by molar-refractivity contribution is 5.87. The molecule has 23 heavy (non-hydrogen) atoms. The third kappa shape index (κ3) is 4.21. The van der Waals surface area contributed by atoms with Crippen molar-refractivity contribution < 1.29 is 9.57 Å². The zero-order valence-electron chi connectivity index (χ0n) is 12.9. The Kier molecular flexibility index (Phi) is 5.96. The maximum Gasteiger partial charge on any atom is 0.166 e. The molecule has 0 fully saturated rings. The Balaban J connectivity index is 0.00000192. The molecular weight excluding hydrogens is 314 g/mol. The summed E-state index contributed by atoms with van der Waals surface area (Å²) in [5.41, 5.74) is 9.62. The molecule has 2 heterocycles. The minimum absolute atomic E-state index is 0. The fraction of sp³-hybridized carbons (Fsp3) is 0.294. The fourth-order valence-electron chi connectivity index (χ4n) is 2.41. The first-order valence-corrected chi connectivity index (χ1v) is 7.31. The summed E-state index contributed by atoms with van der Waals surface area (Å²) in [5, 5.41) is 3.94. The van der Waals surface area contributed by atoms with Crippen molar-refractivity contribution in [3.8, 4) is 16.9 Å². The van der Waals surface area contributed by atoms with Crippen LogP contribution in [0.3, 0.4) is 0 Å². The van der Waals surface area contributed by atoms with E-state index in [0.717, 1.165) is 34.6 Å². The van der Waals surface area contributed by atoms with E-state index in [1.807, 2.05) is 43.6 Å². The monoisotopic (exact) mass is 333 g/mol.